The number of methoxy groups -OCH3 is 1. The number of aryl methyl sites for hydroxylation is 2. The summed E-state index contributed by atoms with van der Waals surface area (Å²) >= 11 is 0. The van der Waals surface area contributed by atoms with Gasteiger partial charge < -0.3 is 15.4 Å². The summed E-state index contributed by atoms with van der Waals surface area (Å²) in [5.74, 6) is 1.11. The predicted molar refractivity (Wildman–Crippen MR) is 111 cm³/mol. The van der Waals surface area contributed by atoms with Gasteiger partial charge in [-0.25, -0.2) is 9.97 Å². The molecule has 0 saturated carbocycles. The normalized spacial score (nSPS) is 10.4. The SMILES string of the molecule is COc1cccc(CCNc2ncc(C(=O)Nc3c(C)cccc3C)cn2)c1. The molecule has 0 aliphatic rings. The first kappa shape index (κ1) is 19.4. The third-order valence-electron chi connectivity index (χ3n) is 4.46. The quantitative estimate of drug-likeness (QED) is 0.652. The van der Waals surface area contributed by atoms with Crippen molar-refractivity contribution in [3.05, 3.63) is 77.1 Å². The van der Waals surface area contributed by atoms with Gasteiger partial charge in [0, 0.05) is 24.6 Å². The van der Waals surface area contributed by atoms with Gasteiger partial charge in [0.25, 0.3) is 5.91 Å². The average molecular weight is 376 g/mol. The van der Waals surface area contributed by atoms with Gasteiger partial charge in [-0.1, -0.05) is 30.3 Å². The first-order valence-corrected chi connectivity index (χ1v) is 9.13. The molecule has 3 aromatic rings. The maximum atomic E-state index is 12.5. The van der Waals surface area contributed by atoms with Crippen LogP contribution in [-0.4, -0.2) is 29.5 Å². The second-order valence-electron chi connectivity index (χ2n) is 6.54. The zero-order valence-corrected chi connectivity index (χ0v) is 16.3. The fourth-order valence-electron chi connectivity index (χ4n) is 2.88. The number of nitrogens with zero attached hydrogens (tertiary/aromatic N) is 2. The Labute approximate surface area is 165 Å². The van der Waals surface area contributed by atoms with Crippen LogP contribution in [0.3, 0.4) is 0 Å². The third-order valence-corrected chi connectivity index (χ3v) is 4.46. The summed E-state index contributed by atoms with van der Waals surface area (Å²) in [6.45, 7) is 4.62. The zero-order chi connectivity index (χ0) is 19.9. The summed E-state index contributed by atoms with van der Waals surface area (Å²) < 4.78 is 5.23. The Morgan fingerprint density at radius 3 is 2.39 bits per heavy atom. The van der Waals surface area contributed by atoms with E-state index in [4.69, 9.17) is 4.74 Å². The molecule has 6 heteroatoms. The molecular weight excluding hydrogens is 352 g/mol. The van der Waals surface area contributed by atoms with Crippen LogP contribution in [0.2, 0.25) is 0 Å². The minimum atomic E-state index is -0.222. The Morgan fingerprint density at radius 2 is 1.71 bits per heavy atom. The summed E-state index contributed by atoms with van der Waals surface area (Å²) in [6.07, 6.45) is 3.88. The van der Waals surface area contributed by atoms with Crippen LogP contribution in [0.15, 0.2) is 54.9 Å². The lowest BCUT2D eigenvalue weighted by Crippen LogP contribution is -2.15. The van der Waals surface area contributed by atoms with Gasteiger partial charge in [0.1, 0.15) is 5.75 Å². The van der Waals surface area contributed by atoms with Crippen LogP contribution in [-0.2, 0) is 6.42 Å². The monoisotopic (exact) mass is 376 g/mol. The highest BCUT2D eigenvalue weighted by atomic mass is 16.5. The summed E-state index contributed by atoms with van der Waals surface area (Å²) in [5, 5.41) is 6.11. The van der Waals surface area contributed by atoms with E-state index < -0.39 is 0 Å². The highest BCUT2D eigenvalue weighted by Gasteiger charge is 2.10. The third kappa shape index (κ3) is 4.85. The Kier molecular flexibility index (Phi) is 6.22. The molecule has 1 amide bonds. The molecule has 2 N–H and O–H groups in total. The highest BCUT2D eigenvalue weighted by molar-refractivity contribution is 6.04. The van der Waals surface area contributed by atoms with Crippen LogP contribution in [0.1, 0.15) is 27.0 Å². The van der Waals surface area contributed by atoms with Gasteiger partial charge in [0.05, 0.1) is 12.7 Å². The minimum absolute atomic E-state index is 0.222. The second kappa shape index (κ2) is 8.99. The molecule has 0 aliphatic carbocycles. The summed E-state index contributed by atoms with van der Waals surface area (Å²) in [5.41, 5.74) is 4.45. The lowest BCUT2D eigenvalue weighted by molar-refractivity contribution is 0.102. The van der Waals surface area contributed by atoms with Crippen LogP contribution in [0.4, 0.5) is 11.6 Å². The first-order chi connectivity index (χ1) is 13.6. The number of hydrogen-bond donors (Lipinski definition) is 2. The topological polar surface area (TPSA) is 76.1 Å². The van der Waals surface area contributed by atoms with Crippen molar-refractivity contribution in [1.29, 1.82) is 0 Å². The minimum Gasteiger partial charge on any atom is -0.497 e. The number of hydrogen-bond acceptors (Lipinski definition) is 5. The maximum Gasteiger partial charge on any atom is 0.258 e. The smallest absolute Gasteiger partial charge is 0.258 e. The van der Waals surface area contributed by atoms with Crippen molar-refractivity contribution in [2.45, 2.75) is 20.3 Å². The highest BCUT2D eigenvalue weighted by Crippen LogP contribution is 2.20. The number of anilines is 2. The fraction of sp³-hybridized carbons (Fsp3) is 0.227. The standard InChI is InChI=1S/C22H24N4O2/c1-15-6-4-7-16(2)20(15)26-21(27)18-13-24-22(25-14-18)23-11-10-17-8-5-9-19(12-17)28-3/h4-9,12-14H,10-11H2,1-3H3,(H,26,27)(H,23,24,25). The Morgan fingerprint density at radius 1 is 1.04 bits per heavy atom. The van der Waals surface area contributed by atoms with E-state index in [0.717, 1.165) is 34.5 Å². The molecular formula is C22H24N4O2. The van der Waals surface area contributed by atoms with E-state index in [1.54, 1.807) is 7.11 Å². The summed E-state index contributed by atoms with van der Waals surface area (Å²) in [7, 11) is 1.66. The molecule has 6 nitrogen and oxygen atoms in total. The van der Waals surface area contributed by atoms with Crippen molar-refractivity contribution in [2.75, 3.05) is 24.3 Å². The lowest BCUT2D eigenvalue weighted by Gasteiger charge is -2.11. The number of amides is 1. The van der Waals surface area contributed by atoms with Crippen molar-refractivity contribution in [3.8, 4) is 5.75 Å². The van der Waals surface area contributed by atoms with Gasteiger partial charge in [0.15, 0.2) is 0 Å². The van der Waals surface area contributed by atoms with Crippen LogP contribution < -0.4 is 15.4 Å². The van der Waals surface area contributed by atoms with E-state index in [1.165, 1.54) is 12.4 Å². The molecule has 0 atom stereocenters. The van der Waals surface area contributed by atoms with Crippen molar-refractivity contribution >= 4 is 17.5 Å². The summed E-state index contributed by atoms with van der Waals surface area (Å²) in [6, 6.07) is 13.8. The molecule has 0 radical (unpaired) electrons. The van der Waals surface area contributed by atoms with Gasteiger partial charge in [-0.3, -0.25) is 4.79 Å². The Balaban J connectivity index is 1.56. The lowest BCUT2D eigenvalue weighted by atomic mass is 10.1. The number of carbonyl (C=O) groups is 1. The van der Waals surface area contributed by atoms with E-state index in [1.807, 2.05) is 56.3 Å². The summed E-state index contributed by atoms with van der Waals surface area (Å²) in [4.78, 5) is 21.0. The molecule has 0 saturated heterocycles. The number of ether oxygens (including phenoxy) is 1. The number of nitrogens with one attached hydrogen (secondary N) is 2. The van der Waals surface area contributed by atoms with Gasteiger partial charge in [-0.2, -0.15) is 0 Å². The Hall–Kier alpha value is -3.41. The van der Waals surface area contributed by atoms with E-state index in [-0.39, 0.29) is 5.91 Å². The van der Waals surface area contributed by atoms with Gasteiger partial charge >= 0.3 is 0 Å². The molecule has 0 unspecified atom stereocenters. The van der Waals surface area contributed by atoms with Crippen LogP contribution in [0.25, 0.3) is 0 Å². The van der Waals surface area contributed by atoms with Crippen molar-refractivity contribution in [2.24, 2.45) is 0 Å². The fourth-order valence-corrected chi connectivity index (χ4v) is 2.88. The number of para-hydroxylation sites is 1. The zero-order valence-electron chi connectivity index (χ0n) is 16.3. The molecule has 3 rings (SSSR count). The average Bonchev–Trinajstić information content (AvgIpc) is 2.71. The molecule has 144 valence electrons. The van der Waals surface area contributed by atoms with Gasteiger partial charge in [0.2, 0.25) is 5.95 Å². The molecule has 28 heavy (non-hydrogen) atoms. The number of rotatable bonds is 7. The van der Waals surface area contributed by atoms with Crippen LogP contribution >= 0.6 is 0 Å². The van der Waals surface area contributed by atoms with Crippen LogP contribution in [0, 0.1) is 13.8 Å². The van der Waals surface area contributed by atoms with E-state index in [9.17, 15) is 4.79 Å². The van der Waals surface area contributed by atoms with E-state index >= 15 is 0 Å². The maximum absolute atomic E-state index is 12.5. The van der Waals surface area contributed by atoms with E-state index in [2.05, 4.69) is 20.6 Å². The van der Waals surface area contributed by atoms with Crippen molar-refractivity contribution in [1.82, 2.24) is 9.97 Å². The molecule has 0 spiro atoms. The predicted octanol–water partition coefficient (Wildman–Crippen LogP) is 4.01. The number of benzene rings is 2. The van der Waals surface area contributed by atoms with Crippen molar-refractivity contribution in [3.63, 3.8) is 0 Å². The van der Waals surface area contributed by atoms with Crippen molar-refractivity contribution < 1.29 is 9.53 Å². The van der Waals surface area contributed by atoms with Gasteiger partial charge in [-0.05, 0) is 49.1 Å². The number of carbonyl (C=O) groups excluding carboxylic acids is 1. The molecule has 1 aromatic heterocycles. The second-order valence-corrected chi connectivity index (χ2v) is 6.54. The molecule has 2 aromatic carbocycles. The van der Waals surface area contributed by atoms with Gasteiger partial charge in [-0.15, -0.1) is 0 Å². The number of aromatic nitrogens is 2. The molecule has 0 aliphatic heterocycles. The van der Waals surface area contributed by atoms with E-state index in [0.29, 0.717) is 18.1 Å². The van der Waals surface area contributed by atoms with Crippen LogP contribution in [0.5, 0.6) is 5.75 Å². The first-order valence-electron chi connectivity index (χ1n) is 9.13. The molecule has 0 bridgehead atoms. The molecule has 1 heterocycles. The molecule has 0 fully saturated rings. The Bertz CT molecular complexity index is 935. The largest absolute Gasteiger partial charge is 0.497 e.